The number of carbonyl (C=O) groups excluding carboxylic acids is 1. The second-order valence-electron chi connectivity index (χ2n) is 5.43. The molecule has 2 aromatic rings. The van der Waals surface area contributed by atoms with E-state index in [-0.39, 0.29) is 12.1 Å². The fourth-order valence-corrected chi connectivity index (χ4v) is 2.73. The molecule has 2 amide bonds. The average Bonchev–Trinajstić information content (AvgIpc) is 2.59. The molecule has 1 aliphatic heterocycles. The maximum atomic E-state index is 11.2. The molecule has 4 nitrogen and oxygen atoms in total. The monoisotopic (exact) mass is 296 g/mol. The number of urea groups is 1. The molecule has 0 aliphatic carbocycles. The third kappa shape index (κ3) is 3.22. The van der Waals surface area contributed by atoms with E-state index in [1.165, 1.54) is 11.1 Å². The normalized spacial score (nSPS) is 16.3. The van der Waals surface area contributed by atoms with Crippen LogP contribution in [0.5, 0.6) is 5.75 Å². The van der Waals surface area contributed by atoms with Crippen molar-refractivity contribution < 1.29 is 9.53 Å². The molecule has 0 bridgehead atoms. The van der Waals surface area contributed by atoms with Crippen molar-refractivity contribution in [3.05, 3.63) is 65.2 Å². The Hall–Kier alpha value is -2.49. The molecule has 4 heteroatoms. The molecule has 0 radical (unpaired) electrons. The van der Waals surface area contributed by atoms with Gasteiger partial charge in [-0.1, -0.05) is 42.5 Å². The van der Waals surface area contributed by atoms with Crippen LogP contribution in [0.25, 0.3) is 0 Å². The van der Waals surface area contributed by atoms with Crippen molar-refractivity contribution in [1.82, 2.24) is 10.6 Å². The number of amides is 2. The summed E-state index contributed by atoms with van der Waals surface area (Å²) in [6, 6.07) is 16.3. The minimum atomic E-state index is -0.168. The molecule has 3 rings (SSSR count). The molecule has 0 saturated carbocycles. The Kier molecular flexibility index (Phi) is 4.28. The Balaban J connectivity index is 1.70. The van der Waals surface area contributed by atoms with E-state index < -0.39 is 0 Å². The van der Waals surface area contributed by atoms with Crippen LogP contribution in [0.2, 0.25) is 0 Å². The number of carbonyl (C=O) groups is 1. The van der Waals surface area contributed by atoms with Crippen LogP contribution >= 0.6 is 0 Å². The number of nitrogens with one attached hydrogen (secondary N) is 2. The molecule has 2 N–H and O–H groups in total. The molecule has 1 unspecified atom stereocenters. The van der Waals surface area contributed by atoms with Crippen molar-refractivity contribution in [3.63, 3.8) is 0 Å². The first kappa shape index (κ1) is 14.4. The number of hydrogen-bond acceptors (Lipinski definition) is 2. The van der Waals surface area contributed by atoms with Crippen LogP contribution in [-0.2, 0) is 13.0 Å². The van der Waals surface area contributed by atoms with E-state index in [0.717, 1.165) is 24.2 Å². The summed E-state index contributed by atoms with van der Waals surface area (Å²) in [5.41, 5.74) is 3.52. The Morgan fingerprint density at radius 2 is 2.05 bits per heavy atom. The first-order valence-corrected chi connectivity index (χ1v) is 7.55. The average molecular weight is 296 g/mol. The summed E-state index contributed by atoms with van der Waals surface area (Å²) in [5, 5.41) is 5.35. The second-order valence-corrected chi connectivity index (χ2v) is 5.43. The van der Waals surface area contributed by atoms with Gasteiger partial charge in [0.05, 0.1) is 0 Å². The molecule has 0 aromatic heterocycles. The third-order valence-corrected chi connectivity index (χ3v) is 3.92. The molecule has 22 heavy (non-hydrogen) atoms. The largest absolute Gasteiger partial charge is 0.485 e. The molecule has 0 fully saturated rings. The zero-order chi connectivity index (χ0) is 15.4. The minimum Gasteiger partial charge on any atom is -0.485 e. The van der Waals surface area contributed by atoms with Crippen molar-refractivity contribution in [3.8, 4) is 5.75 Å². The summed E-state index contributed by atoms with van der Waals surface area (Å²) < 4.78 is 6.12. The van der Waals surface area contributed by atoms with Crippen LogP contribution in [0.1, 0.15) is 29.2 Å². The third-order valence-electron chi connectivity index (χ3n) is 3.92. The molecule has 0 saturated heterocycles. The smallest absolute Gasteiger partial charge is 0.314 e. The van der Waals surface area contributed by atoms with Gasteiger partial charge in [-0.3, -0.25) is 0 Å². The SMILES string of the molecule is CNC(=O)NCc1ccc2c(c1)CCC(c1ccccc1)O2. The van der Waals surface area contributed by atoms with Gasteiger partial charge in [-0.2, -0.15) is 0 Å². The number of fused-ring (bicyclic) bond motifs is 1. The Morgan fingerprint density at radius 3 is 2.82 bits per heavy atom. The van der Waals surface area contributed by atoms with Gasteiger partial charge in [0.1, 0.15) is 11.9 Å². The lowest BCUT2D eigenvalue weighted by Gasteiger charge is -2.27. The lowest BCUT2D eigenvalue weighted by Crippen LogP contribution is -2.32. The van der Waals surface area contributed by atoms with Gasteiger partial charge in [-0.15, -0.1) is 0 Å². The Labute approximate surface area is 130 Å². The van der Waals surface area contributed by atoms with E-state index in [4.69, 9.17) is 4.74 Å². The van der Waals surface area contributed by atoms with Crippen LogP contribution < -0.4 is 15.4 Å². The first-order chi connectivity index (χ1) is 10.8. The number of ether oxygens (including phenoxy) is 1. The van der Waals surface area contributed by atoms with Crippen molar-refractivity contribution >= 4 is 6.03 Å². The van der Waals surface area contributed by atoms with Crippen LogP contribution in [0.3, 0.4) is 0 Å². The molecular formula is C18H20N2O2. The molecule has 1 heterocycles. The Bertz CT molecular complexity index is 655. The molecule has 2 aromatic carbocycles. The van der Waals surface area contributed by atoms with Gasteiger partial charge in [-0.25, -0.2) is 4.79 Å². The van der Waals surface area contributed by atoms with E-state index in [1.807, 2.05) is 30.3 Å². The van der Waals surface area contributed by atoms with E-state index in [1.54, 1.807) is 7.05 Å². The van der Waals surface area contributed by atoms with Crippen molar-refractivity contribution in [1.29, 1.82) is 0 Å². The Morgan fingerprint density at radius 1 is 1.23 bits per heavy atom. The zero-order valence-corrected chi connectivity index (χ0v) is 12.6. The molecule has 1 atom stereocenters. The lowest BCUT2D eigenvalue weighted by atomic mass is 9.96. The second kappa shape index (κ2) is 6.52. The first-order valence-electron chi connectivity index (χ1n) is 7.55. The van der Waals surface area contributed by atoms with Crippen molar-refractivity contribution in [2.24, 2.45) is 0 Å². The summed E-state index contributed by atoms with van der Waals surface area (Å²) in [6.45, 7) is 0.523. The van der Waals surface area contributed by atoms with Crippen LogP contribution in [0.15, 0.2) is 48.5 Å². The van der Waals surface area contributed by atoms with Gasteiger partial charge in [0.2, 0.25) is 0 Å². The number of rotatable bonds is 3. The summed E-state index contributed by atoms with van der Waals surface area (Å²) in [6.07, 6.45) is 2.09. The number of aryl methyl sites for hydroxylation is 1. The van der Waals surface area contributed by atoms with Gasteiger partial charge in [0.15, 0.2) is 0 Å². The summed E-state index contributed by atoms with van der Waals surface area (Å²) in [4.78, 5) is 11.2. The molecular weight excluding hydrogens is 276 g/mol. The number of hydrogen-bond donors (Lipinski definition) is 2. The van der Waals surface area contributed by atoms with Crippen molar-refractivity contribution in [2.45, 2.75) is 25.5 Å². The van der Waals surface area contributed by atoms with E-state index in [9.17, 15) is 4.79 Å². The predicted octanol–water partition coefficient (Wildman–Crippen LogP) is 3.18. The van der Waals surface area contributed by atoms with Gasteiger partial charge in [0, 0.05) is 13.6 Å². The van der Waals surface area contributed by atoms with Crippen molar-refractivity contribution in [2.75, 3.05) is 7.05 Å². The zero-order valence-electron chi connectivity index (χ0n) is 12.6. The highest BCUT2D eigenvalue weighted by Gasteiger charge is 2.21. The van der Waals surface area contributed by atoms with Gasteiger partial charge in [0.25, 0.3) is 0 Å². The fraction of sp³-hybridized carbons (Fsp3) is 0.278. The van der Waals surface area contributed by atoms with Gasteiger partial charge >= 0.3 is 6.03 Å². The molecule has 0 spiro atoms. The van der Waals surface area contributed by atoms with E-state index in [2.05, 4.69) is 28.8 Å². The molecule has 1 aliphatic rings. The quantitative estimate of drug-likeness (QED) is 0.914. The maximum absolute atomic E-state index is 11.2. The topological polar surface area (TPSA) is 50.4 Å². The van der Waals surface area contributed by atoms with Crippen LogP contribution in [0, 0.1) is 0 Å². The summed E-state index contributed by atoms with van der Waals surface area (Å²) >= 11 is 0. The minimum absolute atomic E-state index is 0.128. The highest BCUT2D eigenvalue weighted by Crippen LogP contribution is 2.35. The lowest BCUT2D eigenvalue weighted by molar-refractivity contribution is 0.176. The van der Waals surface area contributed by atoms with Crippen LogP contribution in [0.4, 0.5) is 4.79 Å². The maximum Gasteiger partial charge on any atom is 0.314 e. The van der Waals surface area contributed by atoms with E-state index in [0.29, 0.717) is 6.54 Å². The standard InChI is InChI=1S/C18H20N2O2/c1-19-18(21)20-12-13-7-9-17-15(11-13)8-10-16(22-17)14-5-3-2-4-6-14/h2-7,9,11,16H,8,10,12H2,1H3,(H2,19,20,21). The fourth-order valence-electron chi connectivity index (χ4n) is 2.73. The predicted molar refractivity (Wildman–Crippen MR) is 85.9 cm³/mol. The molecule has 114 valence electrons. The van der Waals surface area contributed by atoms with E-state index >= 15 is 0 Å². The summed E-state index contributed by atoms with van der Waals surface area (Å²) in [5.74, 6) is 0.948. The highest BCUT2D eigenvalue weighted by atomic mass is 16.5. The van der Waals surface area contributed by atoms with Gasteiger partial charge in [-0.05, 0) is 35.6 Å². The van der Waals surface area contributed by atoms with Gasteiger partial charge < -0.3 is 15.4 Å². The number of benzene rings is 2. The summed E-state index contributed by atoms with van der Waals surface area (Å²) in [7, 11) is 1.61. The van der Waals surface area contributed by atoms with Crippen LogP contribution in [-0.4, -0.2) is 13.1 Å². The highest BCUT2D eigenvalue weighted by molar-refractivity contribution is 5.73.